The predicted octanol–water partition coefficient (Wildman–Crippen LogP) is 6.06. The molecule has 4 unspecified atom stereocenters. The Kier molecular flexibility index (Phi) is 10.9. The Hall–Kier alpha value is -2.12. The van der Waals surface area contributed by atoms with Crippen LogP contribution in [0.25, 0.3) is 11.1 Å². The molecule has 0 aliphatic carbocycles. The molecule has 2 aliphatic rings. The standard InChI is InChI=1S/C30H42O6/c1-23(33-19-29-21-35-29)7-3-5-17-31-27-13-9-25(10-14-27)26-11-15-28(16-12-26)32-18-6-4-8-24(2)34-20-30-22-36-30/h9-16,23-24,29-30H,3-8,17-22H2,1-2H3. The lowest BCUT2D eigenvalue weighted by Crippen LogP contribution is -2.12. The average molecular weight is 499 g/mol. The summed E-state index contributed by atoms with van der Waals surface area (Å²) in [4.78, 5) is 0. The molecule has 198 valence electrons. The maximum Gasteiger partial charge on any atom is 0.119 e. The van der Waals surface area contributed by atoms with E-state index in [1.165, 1.54) is 11.1 Å². The van der Waals surface area contributed by atoms with Crippen molar-refractivity contribution in [1.82, 2.24) is 0 Å². The van der Waals surface area contributed by atoms with Gasteiger partial charge in [-0.15, -0.1) is 0 Å². The predicted molar refractivity (Wildman–Crippen MR) is 141 cm³/mol. The maximum atomic E-state index is 5.92. The van der Waals surface area contributed by atoms with Crippen LogP contribution in [0.2, 0.25) is 0 Å². The number of benzene rings is 2. The number of hydrogen-bond acceptors (Lipinski definition) is 6. The summed E-state index contributed by atoms with van der Waals surface area (Å²) in [5.74, 6) is 1.82. The van der Waals surface area contributed by atoms with Crippen molar-refractivity contribution < 1.29 is 28.4 Å². The third kappa shape index (κ3) is 10.5. The highest BCUT2D eigenvalue weighted by atomic mass is 16.6. The van der Waals surface area contributed by atoms with Gasteiger partial charge in [-0.2, -0.15) is 0 Å². The van der Waals surface area contributed by atoms with Crippen molar-refractivity contribution in [3.8, 4) is 22.6 Å². The van der Waals surface area contributed by atoms with E-state index in [1.807, 2.05) is 24.3 Å². The van der Waals surface area contributed by atoms with E-state index in [9.17, 15) is 0 Å². The highest BCUT2D eigenvalue weighted by Gasteiger charge is 2.23. The van der Waals surface area contributed by atoms with Crippen LogP contribution in [-0.4, -0.2) is 64.1 Å². The second kappa shape index (κ2) is 14.6. The zero-order valence-electron chi connectivity index (χ0n) is 21.9. The van der Waals surface area contributed by atoms with Gasteiger partial charge in [-0.25, -0.2) is 0 Å². The minimum atomic E-state index is 0.284. The van der Waals surface area contributed by atoms with Crippen LogP contribution in [0.15, 0.2) is 48.5 Å². The van der Waals surface area contributed by atoms with Gasteiger partial charge in [-0.3, -0.25) is 0 Å². The van der Waals surface area contributed by atoms with Crippen LogP contribution in [-0.2, 0) is 18.9 Å². The molecule has 2 heterocycles. The van der Waals surface area contributed by atoms with E-state index in [4.69, 9.17) is 28.4 Å². The third-order valence-electron chi connectivity index (χ3n) is 6.53. The molecule has 0 saturated carbocycles. The number of unbranched alkanes of at least 4 members (excludes halogenated alkanes) is 2. The van der Waals surface area contributed by atoms with E-state index in [0.29, 0.717) is 12.2 Å². The fourth-order valence-electron chi connectivity index (χ4n) is 3.97. The first-order valence-corrected chi connectivity index (χ1v) is 13.6. The Balaban J connectivity index is 1.06. The zero-order valence-corrected chi connectivity index (χ0v) is 21.9. The lowest BCUT2D eigenvalue weighted by Gasteiger charge is -2.12. The average Bonchev–Trinajstić information content (AvgIpc) is 3.82. The van der Waals surface area contributed by atoms with Crippen molar-refractivity contribution >= 4 is 0 Å². The summed E-state index contributed by atoms with van der Waals surface area (Å²) in [6.45, 7) is 8.88. The van der Waals surface area contributed by atoms with Crippen LogP contribution in [0.5, 0.6) is 11.5 Å². The van der Waals surface area contributed by atoms with Gasteiger partial charge in [0.15, 0.2) is 0 Å². The summed E-state index contributed by atoms with van der Waals surface area (Å²) >= 11 is 0. The molecule has 2 aromatic carbocycles. The van der Waals surface area contributed by atoms with E-state index < -0.39 is 0 Å². The highest BCUT2D eigenvalue weighted by molar-refractivity contribution is 5.64. The fourth-order valence-corrected chi connectivity index (χ4v) is 3.97. The van der Waals surface area contributed by atoms with E-state index in [0.717, 1.165) is 89.7 Å². The van der Waals surface area contributed by atoms with Crippen molar-refractivity contribution in [3.05, 3.63) is 48.5 Å². The van der Waals surface area contributed by atoms with Crippen LogP contribution in [0.3, 0.4) is 0 Å². The molecule has 2 aromatic rings. The number of rotatable bonds is 19. The van der Waals surface area contributed by atoms with E-state index >= 15 is 0 Å². The number of epoxide rings is 2. The topological polar surface area (TPSA) is 62.0 Å². The van der Waals surface area contributed by atoms with E-state index in [2.05, 4.69) is 38.1 Å². The van der Waals surface area contributed by atoms with Crippen LogP contribution in [0, 0.1) is 0 Å². The second-order valence-corrected chi connectivity index (χ2v) is 9.94. The summed E-state index contributed by atoms with van der Waals surface area (Å²) in [6, 6.07) is 16.6. The van der Waals surface area contributed by atoms with Gasteiger partial charge in [0.25, 0.3) is 0 Å². The van der Waals surface area contributed by atoms with Gasteiger partial charge < -0.3 is 28.4 Å². The summed E-state index contributed by atoms with van der Waals surface area (Å²) in [7, 11) is 0. The van der Waals surface area contributed by atoms with Crippen LogP contribution >= 0.6 is 0 Å². The van der Waals surface area contributed by atoms with Crippen molar-refractivity contribution in [1.29, 1.82) is 0 Å². The largest absolute Gasteiger partial charge is 0.494 e. The van der Waals surface area contributed by atoms with Crippen LogP contribution in [0.1, 0.15) is 52.4 Å². The molecular weight excluding hydrogens is 456 g/mol. The molecule has 4 atom stereocenters. The first-order chi connectivity index (χ1) is 17.7. The Morgan fingerprint density at radius 1 is 0.639 bits per heavy atom. The molecule has 0 amide bonds. The van der Waals surface area contributed by atoms with Gasteiger partial charge in [-0.1, -0.05) is 24.3 Å². The second-order valence-electron chi connectivity index (χ2n) is 9.94. The SMILES string of the molecule is CC(CCCCOc1ccc(-c2ccc(OCCCCC(C)OCC3CO3)cc2)cc1)OCC1CO1. The number of ether oxygens (including phenoxy) is 6. The van der Waals surface area contributed by atoms with Crippen molar-refractivity contribution in [3.63, 3.8) is 0 Å². The molecule has 2 fully saturated rings. The first kappa shape index (κ1) is 26.9. The Labute approximate surface area is 216 Å². The van der Waals surface area contributed by atoms with Crippen molar-refractivity contribution in [2.75, 3.05) is 39.6 Å². The van der Waals surface area contributed by atoms with Crippen LogP contribution < -0.4 is 9.47 Å². The molecule has 4 rings (SSSR count). The molecule has 0 N–H and O–H groups in total. The molecule has 2 aliphatic heterocycles. The van der Waals surface area contributed by atoms with Gasteiger partial charge in [-0.05, 0) is 87.8 Å². The minimum Gasteiger partial charge on any atom is -0.494 e. The summed E-state index contributed by atoms with van der Waals surface area (Å²) in [5, 5.41) is 0. The smallest absolute Gasteiger partial charge is 0.119 e. The molecule has 6 nitrogen and oxygen atoms in total. The molecule has 0 radical (unpaired) electrons. The molecule has 0 aromatic heterocycles. The van der Waals surface area contributed by atoms with Gasteiger partial charge >= 0.3 is 0 Å². The van der Waals surface area contributed by atoms with E-state index in [-0.39, 0.29) is 12.2 Å². The molecule has 2 saturated heterocycles. The normalized spacial score (nSPS) is 20.1. The Morgan fingerprint density at radius 3 is 1.39 bits per heavy atom. The number of hydrogen-bond donors (Lipinski definition) is 0. The van der Waals surface area contributed by atoms with E-state index in [1.54, 1.807) is 0 Å². The van der Waals surface area contributed by atoms with Crippen LogP contribution in [0.4, 0.5) is 0 Å². The van der Waals surface area contributed by atoms with Gasteiger partial charge in [0.05, 0.1) is 51.8 Å². The maximum absolute atomic E-state index is 5.92. The van der Waals surface area contributed by atoms with Gasteiger partial charge in [0, 0.05) is 0 Å². The van der Waals surface area contributed by atoms with Crippen molar-refractivity contribution in [2.45, 2.75) is 76.8 Å². The lowest BCUT2D eigenvalue weighted by atomic mass is 10.1. The molecule has 36 heavy (non-hydrogen) atoms. The highest BCUT2D eigenvalue weighted by Crippen LogP contribution is 2.25. The molecule has 0 spiro atoms. The lowest BCUT2D eigenvalue weighted by molar-refractivity contribution is 0.0470. The molecule has 6 heteroatoms. The Bertz CT molecular complexity index is 787. The summed E-state index contributed by atoms with van der Waals surface area (Å²) in [6.07, 6.45) is 7.61. The monoisotopic (exact) mass is 498 g/mol. The van der Waals surface area contributed by atoms with Gasteiger partial charge in [0.2, 0.25) is 0 Å². The fraction of sp³-hybridized carbons (Fsp3) is 0.600. The summed E-state index contributed by atoms with van der Waals surface area (Å²) in [5.41, 5.74) is 2.34. The van der Waals surface area contributed by atoms with Crippen molar-refractivity contribution in [2.24, 2.45) is 0 Å². The molecular formula is C30H42O6. The minimum absolute atomic E-state index is 0.284. The zero-order chi connectivity index (χ0) is 25.0. The Morgan fingerprint density at radius 2 is 1.03 bits per heavy atom. The quantitative estimate of drug-likeness (QED) is 0.173. The molecule has 0 bridgehead atoms. The first-order valence-electron chi connectivity index (χ1n) is 13.6. The summed E-state index contributed by atoms with van der Waals surface area (Å²) < 4.78 is 33.7. The van der Waals surface area contributed by atoms with Gasteiger partial charge in [0.1, 0.15) is 23.7 Å². The third-order valence-corrected chi connectivity index (χ3v) is 6.53.